The quantitative estimate of drug-likeness (QED) is 0.598. The van der Waals surface area contributed by atoms with E-state index in [4.69, 9.17) is 5.21 Å². The van der Waals surface area contributed by atoms with Crippen molar-refractivity contribution in [3.05, 3.63) is 35.6 Å². The standard InChI is InChI=1S/C12H13FN2O2/c13-11-4-2-1-3-10(11)12(16)15-7-5-9(14-17)6-8-15/h1-4,17H,5-8H2. The van der Waals surface area contributed by atoms with E-state index in [1.165, 1.54) is 12.1 Å². The van der Waals surface area contributed by atoms with Crippen molar-refractivity contribution in [2.75, 3.05) is 13.1 Å². The molecular weight excluding hydrogens is 223 g/mol. The first kappa shape index (κ1) is 11.6. The van der Waals surface area contributed by atoms with Gasteiger partial charge >= 0.3 is 0 Å². The number of piperidine rings is 1. The average molecular weight is 236 g/mol. The van der Waals surface area contributed by atoms with E-state index in [1.54, 1.807) is 17.0 Å². The van der Waals surface area contributed by atoms with E-state index >= 15 is 0 Å². The van der Waals surface area contributed by atoms with Gasteiger partial charge in [0.05, 0.1) is 11.3 Å². The topological polar surface area (TPSA) is 52.9 Å². The Hall–Kier alpha value is -1.91. The molecule has 1 aliphatic heterocycles. The minimum Gasteiger partial charge on any atom is -0.411 e. The van der Waals surface area contributed by atoms with Crippen LogP contribution in [0.4, 0.5) is 4.39 Å². The van der Waals surface area contributed by atoms with E-state index < -0.39 is 5.82 Å². The first-order chi connectivity index (χ1) is 8.22. The molecule has 1 fully saturated rings. The molecule has 2 rings (SSSR count). The SMILES string of the molecule is O=C(c1ccccc1F)N1CCC(=NO)CC1. The molecule has 0 unspecified atom stereocenters. The third-order valence-corrected chi connectivity index (χ3v) is 2.87. The highest BCUT2D eigenvalue weighted by Crippen LogP contribution is 2.14. The van der Waals surface area contributed by atoms with Crippen molar-refractivity contribution in [2.45, 2.75) is 12.8 Å². The van der Waals surface area contributed by atoms with E-state index in [9.17, 15) is 9.18 Å². The van der Waals surface area contributed by atoms with Gasteiger partial charge in [-0.25, -0.2) is 4.39 Å². The van der Waals surface area contributed by atoms with Gasteiger partial charge in [-0.2, -0.15) is 0 Å². The minimum absolute atomic E-state index is 0.0943. The third-order valence-electron chi connectivity index (χ3n) is 2.87. The second kappa shape index (κ2) is 4.95. The van der Waals surface area contributed by atoms with Gasteiger partial charge in [0.15, 0.2) is 0 Å². The zero-order valence-corrected chi connectivity index (χ0v) is 9.27. The summed E-state index contributed by atoms with van der Waals surface area (Å²) in [6, 6.07) is 5.95. The lowest BCUT2D eigenvalue weighted by molar-refractivity contribution is 0.0749. The van der Waals surface area contributed by atoms with Crippen molar-refractivity contribution in [2.24, 2.45) is 5.16 Å². The van der Waals surface area contributed by atoms with Crippen molar-refractivity contribution in [3.8, 4) is 0 Å². The summed E-state index contributed by atoms with van der Waals surface area (Å²) >= 11 is 0. The van der Waals surface area contributed by atoms with Gasteiger partial charge in [-0.3, -0.25) is 4.79 Å². The van der Waals surface area contributed by atoms with Crippen LogP contribution in [0.3, 0.4) is 0 Å². The maximum atomic E-state index is 13.4. The summed E-state index contributed by atoms with van der Waals surface area (Å²) in [5.74, 6) is -0.806. The van der Waals surface area contributed by atoms with Crippen molar-refractivity contribution in [1.82, 2.24) is 4.90 Å². The predicted molar refractivity (Wildman–Crippen MR) is 60.8 cm³/mol. The Morgan fingerprint density at radius 2 is 1.94 bits per heavy atom. The summed E-state index contributed by atoms with van der Waals surface area (Å²) in [7, 11) is 0. The first-order valence-corrected chi connectivity index (χ1v) is 5.46. The monoisotopic (exact) mass is 236 g/mol. The molecule has 1 aliphatic rings. The summed E-state index contributed by atoms with van der Waals surface area (Å²) in [4.78, 5) is 13.6. The molecule has 0 radical (unpaired) electrons. The molecule has 0 spiro atoms. The molecular formula is C12H13FN2O2. The zero-order valence-electron chi connectivity index (χ0n) is 9.27. The molecule has 90 valence electrons. The summed E-state index contributed by atoms with van der Waals surface area (Å²) in [6.07, 6.45) is 1.08. The molecule has 1 aromatic rings. The minimum atomic E-state index is -0.501. The molecule has 0 atom stereocenters. The second-order valence-electron chi connectivity index (χ2n) is 3.94. The number of amides is 1. The van der Waals surface area contributed by atoms with Crippen LogP contribution < -0.4 is 0 Å². The Balaban J connectivity index is 2.10. The Labute approximate surface area is 98.3 Å². The lowest BCUT2D eigenvalue weighted by Crippen LogP contribution is -2.39. The van der Waals surface area contributed by atoms with Crippen molar-refractivity contribution < 1.29 is 14.4 Å². The van der Waals surface area contributed by atoms with Crippen LogP contribution in [0.2, 0.25) is 0 Å². The number of hydrogen-bond acceptors (Lipinski definition) is 3. The Kier molecular flexibility index (Phi) is 3.37. The van der Waals surface area contributed by atoms with Crippen LogP contribution in [0, 0.1) is 5.82 Å². The average Bonchev–Trinajstić information content (AvgIpc) is 2.39. The van der Waals surface area contributed by atoms with Gasteiger partial charge in [0.2, 0.25) is 0 Å². The zero-order chi connectivity index (χ0) is 12.3. The van der Waals surface area contributed by atoms with E-state index in [-0.39, 0.29) is 11.5 Å². The Morgan fingerprint density at radius 3 is 2.53 bits per heavy atom. The fraction of sp³-hybridized carbons (Fsp3) is 0.333. The number of carbonyl (C=O) groups is 1. The molecule has 17 heavy (non-hydrogen) atoms. The van der Waals surface area contributed by atoms with Gasteiger partial charge < -0.3 is 10.1 Å². The normalized spacial score (nSPS) is 15.8. The van der Waals surface area contributed by atoms with E-state index in [0.29, 0.717) is 31.6 Å². The van der Waals surface area contributed by atoms with Crippen molar-refractivity contribution in [3.63, 3.8) is 0 Å². The highest BCUT2D eigenvalue weighted by atomic mass is 19.1. The summed E-state index contributed by atoms with van der Waals surface area (Å²) in [5, 5.41) is 11.7. The first-order valence-electron chi connectivity index (χ1n) is 5.46. The summed E-state index contributed by atoms with van der Waals surface area (Å²) in [6.45, 7) is 0.930. The highest BCUT2D eigenvalue weighted by molar-refractivity contribution is 5.96. The van der Waals surface area contributed by atoms with Crippen LogP contribution >= 0.6 is 0 Å². The van der Waals surface area contributed by atoms with Gasteiger partial charge in [0.25, 0.3) is 5.91 Å². The molecule has 1 heterocycles. The van der Waals surface area contributed by atoms with Gasteiger partial charge in [0, 0.05) is 25.9 Å². The smallest absolute Gasteiger partial charge is 0.256 e. The van der Waals surface area contributed by atoms with E-state index in [2.05, 4.69) is 5.16 Å². The highest BCUT2D eigenvalue weighted by Gasteiger charge is 2.22. The predicted octanol–water partition coefficient (Wildman–Crippen LogP) is 1.89. The molecule has 1 aromatic carbocycles. The van der Waals surface area contributed by atoms with E-state index in [1.807, 2.05) is 0 Å². The number of rotatable bonds is 1. The largest absolute Gasteiger partial charge is 0.411 e. The fourth-order valence-corrected chi connectivity index (χ4v) is 1.87. The van der Waals surface area contributed by atoms with Gasteiger partial charge in [0.1, 0.15) is 5.82 Å². The van der Waals surface area contributed by atoms with Crippen LogP contribution in [0.15, 0.2) is 29.4 Å². The van der Waals surface area contributed by atoms with Gasteiger partial charge in [-0.05, 0) is 12.1 Å². The Bertz CT molecular complexity index is 450. The van der Waals surface area contributed by atoms with Crippen LogP contribution in [0.25, 0.3) is 0 Å². The fourth-order valence-electron chi connectivity index (χ4n) is 1.87. The number of oxime groups is 1. The maximum Gasteiger partial charge on any atom is 0.256 e. The molecule has 4 nitrogen and oxygen atoms in total. The summed E-state index contributed by atoms with van der Waals surface area (Å²) < 4.78 is 13.4. The maximum absolute atomic E-state index is 13.4. The van der Waals surface area contributed by atoms with E-state index in [0.717, 1.165) is 0 Å². The molecule has 0 saturated carbocycles. The number of hydrogen-bond donors (Lipinski definition) is 1. The van der Waals surface area contributed by atoms with Crippen LogP contribution in [-0.2, 0) is 0 Å². The molecule has 1 N–H and O–H groups in total. The summed E-state index contributed by atoms with van der Waals surface area (Å²) in [5.41, 5.74) is 0.777. The number of benzene rings is 1. The number of likely N-dealkylation sites (tertiary alicyclic amines) is 1. The van der Waals surface area contributed by atoms with Gasteiger partial charge in [-0.15, -0.1) is 0 Å². The second-order valence-corrected chi connectivity index (χ2v) is 3.94. The van der Waals surface area contributed by atoms with Gasteiger partial charge in [-0.1, -0.05) is 17.3 Å². The number of nitrogens with zero attached hydrogens (tertiary/aromatic N) is 2. The van der Waals surface area contributed by atoms with Crippen molar-refractivity contribution >= 4 is 11.6 Å². The Morgan fingerprint density at radius 1 is 1.29 bits per heavy atom. The lowest BCUT2D eigenvalue weighted by atomic mass is 10.1. The lowest BCUT2D eigenvalue weighted by Gasteiger charge is -2.27. The third kappa shape index (κ3) is 2.43. The number of carbonyl (C=O) groups excluding carboxylic acids is 1. The van der Waals surface area contributed by atoms with Crippen LogP contribution in [-0.4, -0.2) is 34.8 Å². The molecule has 1 amide bonds. The van der Waals surface area contributed by atoms with Crippen LogP contribution in [0.1, 0.15) is 23.2 Å². The van der Waals surface area contributed by atoms with Crippen LogP contribution in [0.5, 0.6) is 0 Å². The molecule has 0 aromatic heterocycles. The molecule has 1 saturated heterocycles. The molecule has 0 bridgehead atoms. The molecule has 5 heteroatoms. The number of halogens is 1. The molecule has 0 aliphatic carbocycles. The van der Waals surface area contributed by atoms with Crippen molar-refractivity contribution in [1.29, 1.82) is 0 Å².